The number of hydrogen-bond acceptors (Lipinski definition) is 2. The maximum absolute atomic E-state index is 18.2. The minimum Gasteiger partial charge on any atom is -0.218 e. The van der Waals surface area contributed by atoms with Crippen molar-refractivity contribution in [2.24, 2.45) is 0 Å². The lowest BCUT2D eigenvalue weighted by molar-refractivity contribution is 0.548. The van der Waals surface area contributed by atoms with E-state index in [0.717, 1.165) is 55.6 Å². The van der Waals surface area contributed by atoms with Crippen LogP contribution in [-0.4, -0.2) is 8.42 Å². The van der Waals surface area contributed by atoms with Gasteiger partial charge in [-0.25, -0.2) is 8.42 Å². The summed E-state index contributed by atoms with van der Waals surface area (Å²) in [4.78, 5) is 0.565. The first-order chi connectivity index (χ1) is 38.5. The molecular weight excluding hydrogens is 1070 g/mol. The molecule has 474 valence electrons. The first kappa shape index (κ1) is 71.3. The highest BCUT2D eigenvalue weighted by molar-refractivity contribution is 7.91. The van der Waals surface area contributed by atoms with Crippen LogP contribution in [0.1, 0.15) is 316 Å². The highest BCUT2D eigenvalue weighted by atomic mass is 32.2. The molecule has 0 heterocycles. The van der Waals surface area contributed by atoms with E-state index < -0.39 is 31.5 Å². The van der Waals surface area contributed by atoms with Crippen LogP contribution < -0.4 is 0 Å². The Balaban J connectivity index is 2.16. The molecule has 6 aromatic rings. The fraction of sp³-hybridized carbons (Fsp3) is 0.571. The topological polar surface area (TPSA) is 34.1 Å². The van der Waals surface area contributed by atoms with E-state index in [-0.39, 0.29) is 53.1 Å². The Bertz CT molecular complexity index is 3320. The quantitative estimate of drug-likeness (QED) is 0.167. The Morgan fingerprint density at radius 2 is 0.391 bits per heavy atom. The molecule has 0 bridgehead atoms. The van der Waals surface area contributed by atoms with Crippen molar-refractivity contribution in [1.82, 2.24) is 0 Å². The molecule has 0 spiro atoms. The Labute approximate surface area is 535 Å². The predicted octanol–water partition coefficient (Wildman–Crippen LogP) is 24.4. The number of rotatable bonds is 6. The van der Waals surface area contributed by atoms with Gasteiger partial charge in [-0.3, -0.25) is 0 Å². The Morgan fingerprint density at radius 3 is 0.540 bits per heavy atom. The third-order valence-corrected chi connectivity index (χ3v) is 19.8. The third-order valence-electron chi connectivity index (χ3n) is 18.0. The van der Waals surface area contributed by atoms with Gasteiger partial charge in [0.15, 0.2) is 0 Å². The molecule has 0 aromatic heterocycles. The minimum atomic E-state index is -4.58. The van der Waals surface area contributed by atoms with Crippen molar-refractivity contribution >= 4 is 9.84 Å². The molecule has 6 aromatic carbocycles. The summed E-state index contributed by atoms with van der Waals surface area (Å²) in [6.45, 7) is 83.0. The van der Waals surface area contributed by atoms with Gasteiger partial charge in [0, 0.05) is 11.1 Å². The lowest BCUT2D eigenvalue weighted by Gasteiger charge is -2.38. The lowest BCUT2D eigenvalue weighted by atomic mass is 9.68. The van der Waals surface area contributed by atoms with E-state index in [1.54, 1.807) is 0 Å². The molecule has 0 amide bonds. The summed E-state index contributed by atoms with van der Waals surface area (Å²) in [5, 5.41) is 0. The van der Waals surface area contributed by atoms with Gasteiger partial charge < -0.3 is 0 Å². The predicted molar refractivity (Wildman–Crippen MR) is 382 cm³/mol. The molecule has 0 aliphatic rings. The zero-order valence-electron chi connectivity index (χ0n) is 62.2. The molecular formula is C84H120O2S. The van der Waals surface area contributed by atoms with Crippen molar-refractivity contribution in [1.29, 1.82) is 0 Å². The molecule has 6 rings (SSSR count). The van der Waals surface area contributed by atoms with Gasteiger partial charge in [-0.15, -0.1) is 0 Å². The second-order valence-corrected chi connectivity index (χ2v) is 40.4. The standard InChI is InChI=1S/C84H120O2S/c1-73(2,3)51-43-57(77(13,14)15)67(58(44-51)78(16,17)18)55-39-37-41-65(69(55)71-61(81(25,26)27)47-53(75(7,8)9)48-62(71)82(28,29)30)87(85,86)66-42-38-40-56(68-59(79(19,20)21)45-52(74(4,5)6)46-60(68)80(22,23)24)70(66)72-63(83(31,32)33)49-54(76(10,11)12)50-64(72)84(34,35)36/h37-38,41-50H,1-36H3. The summed E-state index contributed by atoms with van der Waals surface area (Å²) in [6, 6.07) is 34.9. The molecule has 2 radical (unpaired) electrons. The Morgan fingerprint density at radius 1 is 0.230 bits per heavy atom. The maximum atomic E-state index is 18.2. The van der Waals surface area contributed by atoms with Crippen molar-refractivity contribution in [3.8, 4) is 44.5 Å². The smallest absolute Gasteiger partial charge is 0.207 e. The van der Waals surface area contributed by atoms with E-state index in [9.17, 15) is 0 Å². The summed E-state index contributed by atoms with van der Waals surface area (Å²) < 4.78 is 36.3. The van der Waals surface area contributed by atoms with Gasteiger partial charge in [0.25, 0.3) is 0 Å². The molecule has 2 nitrogen and oxygen atoms in total. The minimum absolute atomic E-state index is 0.161. The van der Waals surface area contributed by atoms with Gasteiger partial charge in [0.1, 0.15) is 0 Å². The molecule has 0 unspecified atom stereocenters. The first-order valence-electron chi connectivity index (χ1n) is 32.7. The molecule has 0 fully saturated rings. The van der Waals surface area contributed by atoms with E-state index in [1.165, 1.54) is 44.5 Å². The second-order valence-electron chi connectivity index (χ2n) is 38.5. The fourth-order valence-electron chi connectivity index (χ4n) is 12.5. The zero-order valence-corrected chi connectivity index (χ0v) is 63.0. The van der Waals surface area contributed by atoms with Gasteiger partial charge in [0.2, 0.25) is 9.84 Å². The van der Waals surface area contributed by atoms with Crippen LogP contribution in [0.4, 0.5) is 0 Å². The van der Waals surface area contributed by atoms with Crippen molar-refractivity contribution in [3.63, 3.8) is 0 Å². The van der Waals surface area contributed by atoms with E-state index in [2.05, 4.69) is 310 Å². The molecule has 0 saturated carbocycles. The number of benzene rings is 6. The van der Waals surface area contributed by atoms with Crippen LogP contribution in [0.3, 0.4) is 0 Å². The number of hydrogen-bond donors (Lipinski definition) is 0. The lowest BCUT2D eigenvalue weighted by Crippen LogP contribution is -2.25. The molecule has 0 aliphatic carbocycles. The summed E-state index contributed by atoms with van der Waals surface area (Å²) in [7, 11) is -4.58. The zero-order chi connectivity index (χ0) is 67.1. The summed E-state index contributed by atoms with van der Waals surface area (Å²) in [5.74, 6) is 0. The first-order valence-corrected chi connectivity index (χ1v) is 34.2. The van der Waals surface area contributed by atoms with E-state index in [0.29, 0.717) is 11.1 Å². The summed E-state index contributed by atoms with van der Waals surface area (Å²) >= 11 is 0. The molecule has 0 atom stereocenters. The van der Waals surface area contributed by atoms with Gasteiger partial charge in [-0.2, -0.15) is 0 Å². The summed E-state index contributed by atoms with van der Waals surface area (Å²) in [5.41, 5.74) is 17.4. The van der Waals surface area contributed by atoms with Crippen LogP contribution in [0, 0.1) is 12.1 Å². The fourth-order valence-corrected chi connectivity index (χ4v) is 14.2. The molecule has 0 aliphatic heterocycles. The van der Waals surface area contributed by atoms with Gasteiger partial charge in [-0.05, 0) is 189 Å². The van der Waals surface area contributed by atoms with Gasteiger partial charge in [-0.1, -0.05) is 310 Å². The van der Waals surface area contributed by atoms with Crippen LogP contribution in [0.15, 0.2) is 82.6 Å². The van der Waals surface area contributed by atoms with Gasteiger partial charge in [0.05, 0.1) is 9.79 Å². The molecule has 0 saturated heterocycles. The normalized spacial score (nSPS) is 14.3. The van der Waals surface area contributed by atoms with Crippen LogP contribution in [0.5, 0.6) is 0 Å². The van der Waals surface area contributed by atoms with Crippen LogP contribution in [0.2, 0.25) is 0 Å². The van der Waals surface area contributed by atoms with Crippen LogP contribution >= 0.6 is 0 Å². The van der Waals surface area contributed by atoms with Gasteiger partial charge >= 0.3 is 0 Å². The Kier molecular flexibility index (Phi) is 18.3. The highest BCUT2D eigenvalue weighted by Crippen LogP contribution is 2.57. The van der Waals surface area contributed by atoms with Crippen molar-refractivity contribution in [2.45, 2.75) is 324 Å². The largest absolute Gasteiger partial charge is 0.218 e. The maximum Gasteiger partial charge on any atom is 0.207 e. The number of sulfone groups is 1. The molecule has 3 heteroatoms. The molecule has 87 heavy (non-hydrogen) atoms. The van der Waals surface area contributed by atoms with Crippen LogP contribution in [0.25, 0.3) is 44.5 Å². The van der Waals surface area contributed by atoms with Crippen molar-refractivity contribution in [3.05, 3.63) is 152 Å². The van der Waals surface area contributed by atoms with Crippen LogP contribution in [-0.2, 0) is 74.8 Å². The van der Waals surface area contributed by atoms with E-state index in [4.69, 9.17) is 0 Å². The van der Waals surface area contributed by atoms with E-state index in [1.807, 2.05) is 24.3 Å². The van der Waals surface area contributed by atoms with Crippen molar-refractivity contribution in [2.75, 3.05) is 0 Å². The summed E-state index contributed by atoms with van der Waals surface area (Å²) in [6.07, 6.45) is 0. The monoisotopic (exact) mass is 1190 g/mol. The Hall–Kier alpha value is -4.73. The SMILES string of the molecule is CC(C)(C)c1cc(C(C)(C)C)c(-c2[c]ccc(S(=O)(=O)c3cc[c]c(-c4c(C(C)(C)C)cc(C(C)(C)C)cc4C(C)(C)C)c3-c3c(C(C)(C)C)cc(C(C)(C)C)cc3C(C)(C)C)c2-c2c(C(C)(C)C)cc(C(C)(C)C)cc2C(C)(C)C)c(C(C)(C)C)c1. The van der Waals surface area contributed by atoms with E-state index >= 15 is 8.42 Å². The second kappa shape index (κ2) is 22.3. The highest BCUT2D eigenvalue weighted by Gasteiger charge is 2.42. The molecule has 0 N–H and O–H groups in total. The third kappa shape index (κ3) is 14.6. The average molecular weight is 1190 g/mol. The van der Waals surface area contributed by atoms with Crippen molar-refractivity contribution < 1.29 is 8.42 Å². The average Bonchev–Trinajstić information content (AvgIpc) is 0.755.